The summed E-state index contributed by atoms with van der Waals surface area (Å²) in [6.45, 7) is 0. The first kappa shape index (κ1) is 22.4. The van der Waals surface area contributed by atoms with Crippen molar-refractivity contribution in [2.75, 3.05) is 10.6 Å². The van der Waals surface area contributed by atoms with Gasteiger partial charge in [0.15, 0.2) is 17.3 Å². The Labute approximate surface area is 209 Å². The van der Waals surface area contributed by atoms with Gasteiger partial charge in [0.25, 0.3) is 5.91 Å². The van der Waals surface area contributed by atoms with Gasteiger partial charge in [0.1, 0.15) is 5.75 Å². The normalized spacial score (nSPS) is 12.1. The Morgan fingerprint density at radius 2 is 1.76 bits per heavy atom. The summed E-state index contributed by atoms with van der Waals surface area (Å²) < 4.78 is 41.8. The summed E-state index contributed by atoms with van der Waals surface area (Å²) in [6, 6.07) is 22.4. The predicted molar refractivity (Wildman–Crippen MR) is 135 cm³/mol. The van der Waals surface area contributed by atoms with Crippen LogP contribution in [0.2, 0.25) is 0 Å². The number of aromatic nitrogens is 2. The fourth-order valence-corrected chi connectivity index (χ4v) is 3.94. The zero-order valence-electron chi connectivity index (χ0n) is 19.1. The first-order valence-electron chi connectivity index (χ1n) is 11.3. The molecule has 0 radical (unpaired) electrons. The molecule has 5 aromatic rings. The number of pyridine rings is 2. The van der Waals surface area contributed by atoms with Gasteiger partial charge in [-0.15, -0.1) is 0 Å². The quantitative estimate of drug-likeness (QED) is 0.267. The second kappa shape index (κ2) is 8.87. The van der Waals surface area contributed by atoms with Crippen molar-refractivity contribution in [2.45, 2.75) is 5.92 Å². The molecule has 6 rings (SSSR count). The average molecular weight is 496 g/mol. The molecule has 0 saturated carbocycles. The van der Waals surface area contributed by atoms with Crippen LogP contribution in [0.15, 0.2) is 97.3 Å². The maximum atomic E-state index is 14.9. The minimum atomic E-state index is -3.74. The summed E-state index contributed by atoms with van der Waals surface area (Å²) in [7, 11) is 0. The van der Waals surface area contributed by atoms with Gasteiger partial charge in [0.05, 0.1) is 11.2 Å². The largest absolute Gasteiger partial charge is 0.453 e. The Hall–Kier alpha value is -5.05. The number of nitrogens with one attached hydrogen (secondary N) is 2. The molecule has 37 heavy (non-hydrogen) atoms. The molecule has 0 unspecified atom stereocenters. The standard InChI is InChI=1S/C28H18F2N4O3/c29-28(30,18-7-12-21-17(16-18)4-3-14-31-21)27(35)33-19-8-10-20(11-9-19)36-24-13-15-32-26-25(24)37-23-6-2-1-5-22(23)34-26/h1-16H,(H,32,34)(H,33,35). The first-order valence-corrected chi connectivity index (χ1v) is 11.3. The zero-order valence-corrected chi connectivity index (χ0v) is 19.1. The van der Waals surface area contributed by atoms with Crippen LogP contribution >= 0.6 is 0 Å². The van der Waals surface area contributed by atoms with Crippen LogP contribution in [0.5, 0.6) is 23.0 Å². The van der Waals surface area contributed by atoms with Crippen molar-refractivity contribution >= 4 is 34.0 Å². The lowest BCUT2D eigenvalue weighted by atomic mass is 10.0. The van der Waals surface area contributed by atoms with Crippen LogP contribution in [-0.4, -0.2) is 15.9 Å². The van der Waals surface area contributed by atoms with Gasteiger partial charge < -0.3 is 20.1 Å². The van der Waals surface area contributed by atoms with Crippen molar-refractivity contribution in [1.29, 1.82) is 0 Å². The average Bonchev–Trinajstić information content (AvgIpc) is 2.93. The number of benzene rings is 3. The van der Waals surface area contributed by atoms with Gasteiger partial charge in [-0.3, -0.25) is 9.78 Å². The van der Waals surface area contributed by atoms with E-state index in [-0.39, 0.29) is 5.69 Å². The third-order valence-electron chi connectivity index (χ3n) is 5.81. The molecule has 182 valence electrons. The second-order valence-corrected chi connectivity index (χ2v) is 8.28. The first-order chi connectivity index (χ1) is 18.0. The molecule has 0 spiro atoms. The van der Waals surface area contributed by atoms with Crippen molar-refractivity contribution in [3.05, 3.63) is 103 Å². The number of hydrogen-bond donors (Lipinski definition) is 2. The molecule has 3 heterocycles. The summed E-state index contributed by atoms with van der Waals surface area (Å²) in [5.41, 5.74) is 1.14. The molecular weight excluding hydrogens is 478 g/mol. The molecule has 7 nitrogen and oxygen atoms in total. The van der Waals surface area contributed by atoms with Gasteiger partial charge in [-0.1, -0.05) is 24.3 Å². The molecule has 0 fully saturated rings. The number of rotatable bonds is 5. The number of nitrogens with zero attached hydrogens (tertiary/aromatic N) is 2. The SMILES string of the molecule is O=C(Nc1ccc(Oc2ccnc3c2Oc2ccccc2N3)cc1)C(F)(F)c1ccc2ncccc2c1. The molecule has 2 aromatic heterocycles. The molecular formula is C28H18F2N4O3. The molecule has 3 aromatic carbocycles. The smallest absolute Gasteiger partial charge is 0.350 e. The van der Waals surface area contributed by atoms with Crippen LogP contribution < -0.4 is 20.1 Å². The number of carbonyl (C=O) groups is 1. The molecule has 0 bridgehead atoms. The monoisotopic (exact) mass is 496 g/mol. The van der Waals surface area contributed by atoms with Gasteiger partial charge >= 0.3 is 5.92 Å². The van der Waals surface area contributed by atoms with Crippen LogP contribution in [-0.2, 0) is 10.7 Å². The molecule has 9 heteroatoms. The highest BCUT2D eigenvalue weighted by Crippen LogP contribution is 2.46. The second-order valence-electron chi connectivity index (χ2n) is 8.28. The Morgan fingerprint density at radius 3 is 2.62 bits per heavy atom. The lowest BCUT2D eigenvalue weighted by molar-refractivity contribution is -0.140. The highest BCUT2D eigenvalue weighted by Gasteiger charge is 2.41. The third-order valence-corrected chi connectivity index (χ3v) is 5.81. The van der Waals surface area contributed by atoms with Gasteiger partial charge in [-0.25, -0.2) is 4.98 Å². The van der Waals surface area contributed by atoms with Crippen LogP contribution in [0.3, 0.4) is 0 Å². The summed E-state index contributed by atoms with van der Waals surface area (Å²) in [4.78, 5) is 20.9. The number of hydrogen-bond acceptors (Lipinski definition) is 6. The van der Waals surface area contributed by atoms with Gasteiger partial charge in [0, 0.05) is 35.1 Å². The van der Waals surface area contributed by atoms with E-state index in [1.807, 2.05) is 24.3 Å². The minimum absolute atomic E-state index is 0.197. The summed E-state index contributed by atoms with van der Waals surface area (Å²) in [6.07, 6.45) is 3.16. The molecule has 0 atom stereocenters. The summed E-state index contributed by atoms with van der Waals surface area (Å²) in [5, 5.41) is 6.00. The van der Waals surface area contributed by atoms with E-state index >= 15 is 0 Å². The Bertz CT molecular complexity index is 1640. The highest BCUT2D eigenvalue weighted by atomic mass is 19.3. The number of ether oxygens (including phenoxy) is 2. The van der Waals surface area contributed by atoms with E-state index in [0.29, 0.717) is 39.7 Å². The summed E-state index contributed by atoms with van der Waals surface area (Å²) in [5.74, 6) is -2.78. The Morgan fingerprint density at radius 1 is 0.919 bits per heavy atom. The maximum absolute atomic E-state index is 14.9. The molecule has 2 N–H and O–H groups in total. The van der Waals surface area contributed by atoms with Crippen molar-refractivity contribution in [1.82, 2.24) is 9.97 Å². The lowest BCUT2D eigenvalue weighted by Crippen LogP contribution is -2.32. The number of carbonyl (C=O) groups excluding carboxylic acids is 1. The minimum Gasteiger partial charge on any atom is -0.453 e. The molecule has 1 amide bonds. The van der Waals surface area contributed by atoms with Gasteiger partial charge in [-0.2, -0.15) is 8.78 Å². The molecule has 1 aliphatic heterocycles. The van der Waals surface area contributed by atoms with Crippen LogP contribution in [0.1, 0.15) is 5.56 Å². The van der Waals surface area contributed by atoms with E-state index in [9.17, 15) is 13.6 Å². The van der Waals surface area contributed by atoms with Crippen molar-refractivity contribution < 1.29 is 23.0 Å². The zero-order chi connectivity index (χ0) is 25.4. The van der Waals surface area contributed by atoms with Crippen LogP contribution in [0.4, 0.5) is 26.0 Å². The number of para-hydroxylation sites is 2. The molecule has 0 aliphatic carbocycles. The van der Waals surface area contributed by atoms with Crippen molar-refractivity contribution in [2.24, 2.45) is 0 Å². The number of alkyl halides is 2. The number of anilines is 3. The van der Waals surface area contributed by atoms with Gasteiger partial charge in [-0.05, 0) is 54.6 Å². The topological polar surface area (TPSA) is 85.4 Å². The van der Waals surface area contributed by atoms with E-state index in [2.05, 4.69) is 20.6 Å². The van der Waals surface area contributed by atoms with Crippen molar-refractivity contribution in [3.63, 3.8) is 0 Å². The van der Waals surface area contributed by atoms with Gasteiger partial charge in [0.2, 0.25) is 5.75 Å². The van der Waals surface area contributed by atoms with Crippen molar-refractivity contribution in [3.8, 4) is 23.0 Å². The maximum Gasteiger partial charge on any atom is 0.350 e. The number of amides is 1. The Balaban J connectivity index is 1.17. The lowest BCUT2D eigenvalue weighted by Gasteiger charge is -2.22. The molecule has 0 saturated heterocycles. The number of halogens is 2. The van der Waals surface area contributed by atoms with E-state index in [0.717, 1.165) is 5.69 Å². The van der Waals surface area contributed by atoms with Crippen LogP contribution in [0, 0.1) is 0 Å². The third kappa shape index (κ3) is 4.27. The molecule has 1 aliphatic rings. The van der Waals surface area contributed by atoms with Crippen LogP contribution in [0.25, 0.3) is 10.9 Å². The Kier molecular flexibility index (Phi) is 5.37. The van der Waals surface area contributed by atoms with E-state index in [1.165, 1.54) is 30.3 Å². The van der Waals surface area contributed by atoms with E-state index in [4.69, 9.17) is 9.47 Å². The number of fused-ring (bicyclic) bond motifs is 3. The predicted octanol–water partition coefficient (Wildman–Crippen LogP) is 7.00. The van der Waals surface area contributed by atoms with E-state index in [1.54, 1.807) is 42.7 Å². The fourth-order valence-electron chi connectivity index (χ4n) is 3.94. The summed E-state index contributed by atoms with van der Waals surface area (Å²) >= 11 is 0. The fraction of sp³-hybridized carbons (Fsp3) is 0.0357. The highest BCUT2D eigenvalue weighted by molar-refractivity contribution is 5.97. The van der Waals surface area contributed by atoms with E-state index < -0.39 is 17.4 Å².